The lowest BCUT2D eigenvalue weighted by Crippen LogP contribution is -2.61. The van der Waals surface area contributed by atoms with Gasteiger partial charge in [0.15, 0.2) is 5.54 Å². The largest absolute Gasteiger partial charge is 0.467 e. The second-order valence-electron chi connectivity index (χ2n) is 7.84. The van der Waals surface area contributed by atoms with E-state index in [2.05, 4.69) is 15.3 Å². The highest BCUT2D eigenvalue weighted by atomic mass is 19.1. The summed E-state index contributed by atoms with van der Waals surface area (Å²) in [7, 11) is 1.26. The van der Waals surface area contributed by atoms with Gasteiger partial charge in [0.2, 0.25) is 5.91 Å². The molecular weight excluding hydrogens is 435 g/mol. The zero-order valence-corrected chi connectivity index (χ0v) is 19.1. The molecule has 0 atom stereocenters. The van der Waals surface area contributed by atoms with Gasteiger partial charge in [0.1, 0.15) is 12.4 Å². The zero-order chi connectivity index (χ0) is 24.0. The lowest BCUT2D eigenvalue weighted by Gasteiger charge is -2.44. The first-order chi connectivity index (χ1) is 15.8. The van der Waals surface area contributed by atoms with E-state index in [0.29, 0.717) is 32.7 Å². The van der Waals surface area contributed by atoms with Gasteiger partial charge < -0.3 is 9.64 Å². The molecule has 0 bridgehead atoms. The van der Waals surface area contributed by atoms with Gasteiger partial charge >= 0.3 is 11.7 Å². The predicted octanol–water partition coefficient (Wildman–Crippen LogP) is 0.587. The summed E-state index contributed by atoms with van der Waals surface area (Å²) in [6.07, 6.45) is 0.514. The van der Waals surface area contributed by atoms with E-state index < -0.39 is 23.2 Å². The molecule has 1 saturated heterocycles. The van der Waals surface area contributed by atoms with E-state index in [0.717, 1.165) is 5.06 Å². The molecule has 1 aliphatic rings. The molecule has 0 aliphatic carbocycles. The van der Waals surface area contributed by atoms with Crippen molar-refractivity contribution in [2.45, 2.75) is 51.9 Å². The number of amides is 1. The molecule has 11 nitrogen and oxygen atoms in total. The van der Waals surface area contributed by atoms with Crippen LogP contribution in [-0.2, 0) is 38.9 Å². The minimum atomic E-state index is -1.33. The van der Waals surface area contributed by atoms with E-state index in [4.69, 9.17) is 9.57 Å². The SMILES string of the molecule is CCn1nnn(CCN2CCC(C(=O)OC)(N(OCc3ccccc3F)C(C)=O)CC2)c1=O. The number of aromatic nitrogens is 4. The third-order valence-corrected chi connectivity index (χ3v) is 5.86. The van der Waals surface area contributed by atoms with Crippen molar-refractivity contribution >= 4 is 11.9 Å². The van der Waals surface area contributed by atoms with Crippen molar-refractivity contribution in [3.63, 3.8) is 0 Å². The van der Waals surface area contributed by atoms with Crippen molar-refractivity contribution in [1.82, 2.24) is 29.8 Å². The second-order valence-corrected chi connectivity index (χ2v) is 7.84. The van der Waals surface area contributed by atoms with Crippen molar-refractivity contribution in [1.29, 1.82) is 0 Å². The molecule has 3 rings (SSSR count). The molecule has 0 N–H and O–H groups in total. The van der Waals surface area contributed by atoms with E-state index in [9.17, 15) is 18.8 Å². The molecule has 1 aliphatic heterocycles. The van der Waals surface area contributed by atoms with Gasteiger partial charge in [0, 0.05) is 38.7 Å². The molecule has 1 fully saturated rings. The maximum absolute atomic E-state index is 14.0. The van der Waals surface area contributed by atoms with Crippen LogP contribution in [0.4, 0.5) is 4.39 Å². The molecule has 12 heteroatoms. The summed E-state index contributed by atoms with van der Waals surface area (Å²) in [6.45, 7) is 5.13. The third-order valence-electron chi connectivity index (χ3n) is 5.86. The van der Waals surface area contributed by atoms with Crippen molar-refractivity contribution < 1.29 is 23.6 Å². The van der Waals surface area contributed by atoms with Crippen LogP contribution in [0.3, 0.4) is 0 Å². The number of carbonyl (C=O) groups excluding carboxylic acids is 2. The van der Waals surface area contributed by atoms with Crippen molar-refractivity contribution in [3.05, 3.63) is 46.1 Å². The van der Waals surface area contributed by atoms with E-state index in [1.165, 1.54) is 29.5 Å². The molecule has 2 heterocycles. The number of piperidine rings is 1. The first kappa shape index (κ1) is 24.5. The Morgan fingerprint density at radius 1 is 1.15 bits per heavy atom. The number of hydroxylamine groups is 2. The van der Waals surface area contributed by atoms with E-state index in [1.807, 2.05) is 6.92 Å². The van der Waals surface area contributed by atoms with E-state index in [1.54, 1.807) is 18.2 Å². The summed E-state index contributed by atoms with van der Waals surface area (Å²) in [6, 6.07) is 6.08. The maximum atomic E-state index is 14.0. The number of aryl methyl sites for hydroxylation is 1. The van der Waals surface area contributed by atoms with Crippen LogP contribution in [0.15, 0.2) is 29.1 Å². The van der Waals surface area contributed by atoms with Crippen molar-refractivity contribution in [3.8, 4) is 0 Å². The lowest BCUT2D eigenvalue weighted by atomic mass is 9.86. The first-order valence-corrected chi connectivity index (χ1v) is 10.8. The summed E-state index contributed by atoms with van der Waals surface area (Å²) in [5.41, 5.74) is -1.33. The maximum Gasteiger partial charge on any atom is 0.363 e. The summed E-state index contributed by atoms with van der Waals surface area (Å²) in [5.74, 6) is -1.53. The van der Waals surface area contributed by atoms with Gasteiger partial charge in [-0.15, -0.1) is 0 Å². The second kappa shape index (κ2) is 10.7. The molecule has 0 unspecified atom stereocenters. The quantitative estimate of drug-likeness (QED) is 0.392. The molecule has 2 aromatic rings. The minimum absolute atomic E-state index is 0.204. The Labute approximate surface area is 190 Å². The fraction of sp³-hybridized carbons (Fsp3) is 0.571. The Bertz CT molecular complexity index is 1030. The highest BCUT2D eigenvalue weighted by molar-refractivity contribution is 5.86. The topological polar surface area (TPSA) is 112 Å². The average Bonchev–Trinajstić information content (AvgIpc) is 3.18. The van der Waals surface area contributed by atoms with Crippen LogP contribution in [0.2, 0.25) is 0 Å². The van der Waals surface area contributed by atoms with Crippen molar-refractivity contribution in [2.24, 2.45) is 0 Å². The van der Waals surface area contributed by atoms with Gasteiger partial charge in [-0.3, -0.25) is 9.63 Å². The smallest absolute Gasteiger partial charge is 0.363 e. The van der Waals surface area contributed by atoms with E-state index in [-0.39, 0.29) is 30.7 Å². The summed E-state index contributed by atoms with van der Waals surface area (Å²) < 4.78 is 21.6. The van der Waals surface area contributed by atoms with Gasteiger partial charge in [0.05, 0.1) is 13.7 Å². The molecule has 180 valence electrons. The van der Waals surface area contributed by atoms with Crippen LogP contribution in [-0.4, -0.2) is 73.9 Å². The van der Waals surface area contributed by atoms with E-state index >= 15 is 0 Å². The Morgan fingerprint density at radius 3 is 2.39 bits per heavy atom. The standard InChI is InChI=1S/C21H29FN6O5/c1-4-26-20(31)27(24-23-26)14-13-25-11-9-21(10-12-25,19(30)32-3)28(16(2)29)33-15-17-7-5-6-8-18(17)22/h5-8H,4,9-15H2,1-3H3. The number of rotatable bonds is 9. The number of ether oxygens (including phenoxy) is 1. The molecule has 0 saturated carbocycles. The molecule has 1 aromatic heterocycles. The highest BCUT2D eigenvalue weighted by Crippen LogP contribution is 2.32. The van der Waals surface area contributed by atoms with Crippen LogP contribution < -0.4 is 5.69 Å². The fourth-order valence-corrected chi connectivity index (χ4v) is 3.97. The van der Waals surface area contributed by atoms with Crippen LogP contribution in [0.5, 0.6) is 0 Å². The number of nitrogens with zero attached hydrogens (tertiary/aromatic N) is 6. The minimum Gasteiger partial charge on any atom is -0.467 e. The van der Waals surface area contributed by atoms with Crippen LogP contribution >= 0.6 is 0 Å². The number of carbonyl (C=O) groups is 2. The van der Waals surface area contributed by atoms with Gasteiger partial charge in [-0.2, -0.15) is 9.36 Å². The van der Waals surface area contributed by atoms with Gasteiger partial charge in [-0.1, -0.05) is 18.2 Å². The van der Waals surface area contributed by atoms with Crippen LogP contribution in [0.25, 0.3) is 0 Å². The number of benzene rings is 1. The predicted molar refractivity (Wildman–Crippen MR) is 114 cm³/mol. The average molecular weight is 464 g/mol. The molecule has 0 spiro atoms. The number of hydrogen-bond donors (Lipinski definition) is 0. The van der Waals surface area contributed by atoms with Gasteiger partial charge in [-0.05, 0) is 36.3 Å². The summed E-state index contributed by atoms with van der Waals surface area (Å²) >= 11 is 0. The number of tetrazole rings is 1. The number of esters is 1. The molecular formula is C21H29FN6O5. The van der Waals surface area contributed by atoms with Gasteiger partial charge in [-0.25, -0.2) is 19.0 Å². The van der Waals surface area contributed by atoms with Crippen molar-refractivity contribution in [2.75, 3.05) is 26.7 Å². The molecule has 1 amide bonds. The lowest BCUT2D eigenvalue weighted by molar-refractivity contribution is -0.240. The molecule has 33 heavy (non-hydrogen) atoms. The van der Waals surface area contributed by atoms with Crippen LogP contribution in [0.1, 0.15) is 32.3 Å². The zero-order valence-electron chi connectivity index (χ0n) is 19.1. The first-order valence-electron chi connectivity index (χ1n) is 10.8. The molecule has 1 aromatic carbocycles. The van der Waals surface area contributed by atoms with Crippen LogP contribution in [0, 0.1) is 5.82 Å². The number of methoxy groups -OCH3 is 1. The Kier molecular flexibility index (Phi) is 7.92. The summed E-state index contributed by atoms with van der Waals surface area (Å²) in [5, 5.41) is 8.69. The fourth-order valence-electron chi connectivity index (χ4n) is 3.97. The third kappa shape index (κ3) is 5.28. The Morgan fingerprint density at radius 2 is 1.82 bits per heavy atom. The normalized spacial score (nSPS) is 15.9. The highest BCUT2D eigenvalue weighted by Gasteiger charge is 2.50. The van der Waals surface area contributed by atoms with Gasteiger partial charge in [0.25, 0.3) is 0 Å². The Hall–Kier alpha value is -3.12. The monoisotopic (exact) mass is 464 g/mol. The number of halogens is 1. The summed E-state index contributed by atoms with van der Waals surface area (Å²) in [4.78, 5) is 45.2. The number of likely N-dealkylation sites (tertiary alicyclic amines) is 1. The Balaban J connectivity index is 1.69. The molecule has 0 radical (unpaired) electrons. The number of hydrogen-bond acceptors (Lipinski definition) is 8.